The lowest BCUT2D eigenvalue weighted by molar-refractivity contribution is -0.870. The van der Waals surface area contributed by atoms with Gasteiger partial charge in [-0.1, -0.05) is 404 Å². The Labute approximate surface area is 545 Å². The zero-order valence-corrected chi connectivity index (χ0v) is 60.4. The molecule has 3 atom stereocenters. The third kappa shape index (κ3) is 72.3. The van der Waals surface area contributed by atoms with Crippen molar-refractivity contribution in [3.8, 4) is 0 Å². The molecule has 3 unspecified atom stereocenters. The molecule has 0 bridgehead atoms. The van der Waals surface area contributed by atoms with Gasteiger partial charge in [-0.25, -0.2) is 4.57 Å². The Morgan fingerprint density at radius 2 is 0.632 bits per heavy atom. The number of nitrogens with one attached hydrogen (secondary N) is 1. The molecule has 0 aromatic carbocycles. The summed E-state index contributed by atoms with van der Waals surface area (Å²) in [4.78, 5) is 23.5. The second-order valence-corrected chi connectivity index (χ2v) is 29.9. The van der Waals surface area contributed by atoms with E-state index in [4.69, 9.17) is 9.05 Å². The van der Waals surface area contributed by atoms with Gasteiger partial charge in [-0.3, -0.25) is 13.8 Å². The van der Waals surface area contributed by atoms with E-state index in [-0.39, 0.29) is 19.1 Å². The van der Waals surface area contributed by atoms with Gasteiger partial charge >= 0.3 is 7.82 Å². The molecule has 0 rings (SSSR count). The van der Waals surface area contributed by atoms with Crippen LogP contribution in [0.25, 0.3) is 0 Å². The average Bonchev–Trinajstić information content (AvgIpc) is 3.70. The number of allylic oxidation sites excluding steroid dienone is 3. The number of hydrogen-bond acceptors (Lipinski definition) is 5. The molecule has 3 N–H and O–H groups in total. The molecule has 0 aliphatic rings. The summed E-state index contributed by atoms with van der Waals surface area (Å²) in [5.41, 5.74) is 0. The van der Waals surface area contributed by atoms with Gasteiger partial charge in [0, 0.05) is 6.42 Å². The number of quaternary nitrogens is 1. The highest BCUT2D eigenvalue weighted by Crippen LogP contribution is 2.43. The third-order valence-electron chi connectivity index (χ3n) is 18.4. The number of carbonyl (C=O) groups excluding carboxylic acids is 1. The molecule has 1 amide bonds. The van der Waals surface area contributed by atoms with E-state index in [1.54, 1.807) is 6.08 Å². The van der Waals surface area contributed by atoms with Crippen LogP contribution in [0.5, 0.6) is 0 Å². The van der Waals surface area contributed by atoms with Crippen LogP contribution in [-0.4, -0.2) is 73.4 Å². The van der Waals surface area contributed by atoms with Gasteiger partial charge in [-0.2, -0.15) is 0 Å². The molecule has 0 spiro atoms. The SMILES string of the molecule is CCCCCCCCCCCCCCCCCCCCCCCCCCCC/C=C/CC/C=C/C(O)C(COP(=O)(O)OCC[N+](C)(C)C)NC(=O)CCCCCCCCCCCCCCCCCCCCCCCCCCCCCCCCCCC. The van der Waals surface area contributed by atoms with Crippen LogP contribution in [0.15, 0.2) is 24.3 Å². The van der Waals surface area contributed by atoms with E-state index < -0.39 is 20.0 Å². The number of hydrogen-bond donors (Lipinski definition) is 3. The summed E-state index contributed by atoms with van der Waals surface area (Å²) in [6.45, 7) is 4.87. The van der Waals surface area contributed by atoms with Gasteiger partial charge in [0.1, 0.15) is 13.2 Å². The molecule has 0 fully saturated rings. The minimum atomic E-state index is -4.36. The van der Waals surface area contributed by atoms with Crippen molar-refractivity contribution < 1.29 is 32.9 Å². The van der Waals surface area contributed by atoms with Crippen LogP contribution in [0, 0.1) is 0 Å². The smallest absolute Gasteiger partial charge is 0.387 e. The highest BCUT2D eigenvalue weighted by atomic mass is 31.2. The predicted molar refractivity (Wildman–Crippen MR) is 383 cm³/mol. The molecule has 9 heteroatoms. The van der Waals surface area contributed by atoms with Crippen LogP contribution in [0.2, 0.25) is 0 Å². The van der Waals surface area contributed by atoms with Gasteiger partial charge in [-0.05, 0) is 32.1 Å². The van der Waals surface area contributed by atoms with Crippen molar-refractivity contribution in [2.45, 2.75) is 431 Å². The quantitative estimate of drug-likeness (QED) is 0.0243. The Kier molecular flexibility index (Phi) is 68.5. The van der Waals surface area contributed by atoms with Crippen LogP contribution in [0.4, 0.5) is 0 Å². The molecule has 0 aliphatic heterocycles. The highest BCUT2D eigenvalue weighted by Gasteiger charge is 2.28. The van der Waals surface area contributed by atoms with Crippen molar-refractivity contribution in [1.29, 1.82) is 0 Å². The molecular weight excluding hydrogens is 1090 g/mol. The fourth-order valence-electron chi connectivity index (χ4n) is 12.4. The Hall–Kier alpha value is -1.02. The first-order chi connectivity index (χ1) is 42.5. The van der Waals surface area contributed by atoms with E-state index in [2.05, 4.69) is 31.3 Å². The monoisotopic (exact) mass is 1250 g/mol. The van der Waals surface area contributed by atoms with Gasteiger partial charge in [0.05, 0.1) is 39.9 Å². The van der Waals surface area contributed by atoms with Crippen LogP contribution in [0.3, 0.4) is 0 Å². The summed E-state index contributed by atoms with van der Waals surface area (Å²) in [6.07, 6.45) is 92.4. The number of aliphatic hydroxyl groups excluding tert-OH is 1. The standard InChI is InChI=1S/C78H155N2O6P/c1-6-8-10-12-14-16-18-20-22-24-26-28-30-32-34-36-38-40-42-44-46-48-50-52-54-56-58-60-62-64-66-68-70-72-78(82)79-76(75-86-87(83,84)85-74-73-80(3,4)5)77(81)71-69-67-65-63-61-59-57-55-53-51-49-47-45-43-41-39-37-35-33-31-29-27-25-23-21-19-17-15-13-11-9-7-2/h61,63,69,71,76-77,81H,6-60,62,64-68,70,72-75H2,1-5H3,(H-,79,82,83,84)/p+1/b63-61+,71-69+. The lowest BCUT2D eigenvalue weighted by Crippen LogP contribution is -2.45. The van der Waals surface area contributed by atoms with E-state index in [0.717, 1.165) is 38.5 Å². The van der Waals surface area contributed by atoms with Crippen LogP contribution >= 0.6 is 7.82 Å². The second kappa shape index (κ2) is 69.3. The molecule has 0 aromatic rings. The van der Waals surface area contributed by atoms with E-state index in [1.165, 1.54) is 360 Å². The molecule has 8 nitrogen and oxygen atoms in total. The van der Waals surface area contributed by atoms with Gasteiger partial charge in [0.25, 0.3) is 0 Å². The van der Waals surface area contributed by atoms with E-state index in [1.807, 2.05) is 27.2 Å². The summed E-state index contributed by atoms with van der Waals surface area (Å²) < 4.78 is 23.9. The summed E-state index contributed by atoms with van der Waals surface area (Å²) in [5.74, 6) is -0.176. The predicted octanol–water partition coefficient (Wildman–Crippen LogP) is 25.4. The maximum Gasteiger partial charge on any atom is 0.472 e. The number of amides is 1. The first-order valence-electron chi connectivity index (χ1n) is 39.2. The van der Waals surface area contributed by atoms with Crippen molar-refractivity contribution in [1.82, 2.24) is 5.32 Å². The number of likely N-dealkylation sites (N-methyl/N-ethyl adjacent to an activating group) is 1. The van der Waals surface area contributed by atoms with E-state index in [0.29, 0.717) is 17.4 Å². The first-order valence-corrected chi connectivity index (χ1v) is 40.7. The van der Waals surface area contributed by atoms with Crippen LogP contribution < -0.4 is 5.32 Å². The summed E-state index contributed by atoms with van der Waals surface area (Å²) >= 11 is 0. The first kappa shape index (κ1) is 86.0. The van der Waals surface area contributed by atoms with Gasteiger partial charge in [0.15, 0.2) is 0 Å². The van der Waals surface area contributed by atoms with Crippen molar-refractivity contribution in [2.24, 2.45) is 0 Å². The van der Waals surface area contributed by atoms with E-state index >= 15 is 0 Å². The molecule has 0 radical (unpaired) electrons. The van der Waals surface area contributed by atoms with Crippen LogP contribution in [0.1, 0.15) is 418 Å². The van der Waals surface area contributed by atoms with Crippen LogP contribution in [-0.2, 0) is 18.4 Å². The number of phosphoric ester groups is 1. The summed E-state index contributed by atoms with van der Waals surface area (Å²) in [6, 6.07) is -0.863. The Bertz CT molecular complexity index is 1470. The second-order valence-electron chi connectivity index (χ2n) is 28.4. The summed E-state index contributed by atoms with van der Waals surface area (Å²) in [5, 5.41) is 14.0. The average molecular weight is 1250 g/mol. The number of unbranched alkanes of at least 4 members (excludes halogenated alkanes) is 59. The molecule has 0 saturated heterocycles. The number of phosphoric acid groups is 1. The minimum Gasteiger partial charge on any atom is -0.387 e. The van der Waals surface area contributed by atoms with Crippen molar-refractivity contribution >= 4 is 13.7 Å². The Morgan fingerprint density at radius 3 is 0.920 bits per heavy atom. The molecule has 87 heavy (non-hydrogen) atoms. The molecular formula is C78H156N2O6P+. The fourth-order valence-corrected chi connectivity index (χ4v) is 13.1. The number of aliphatic hydroxyl groups is 1. The Balaban J connectivity index is 3.99. The lowest BCUT2D eigenvalue weighted by atomic mass is 10.0. The van der Waals surface area contributed by atoms with Crippen molar-refractivity contribution in [3.05, 3.63) is 24.3 Å². The van der Waals surface area contributed by atoms with Crippen molar-refractivity contribution in [3.63, 3.8) is 0 Å². The number of carbonyl (C=O) groups is 1. The molecule has 0 aromatic heterocycles. The van der Waals surface area contributed by atoms with Gasteiger partial charge in [0.2, 0.25) is 5.91 Å². The number of rotatable bonds is 74. The normalized spacial score (nSPS) is 13.6. The largest absolute Gasteiger partial charge is 0.472 e. The zero-order chi connectivity index (χ0) is 63.4. The Morgan fingerprint density at radius 1 is 0.379 bits per heavy atom. The topological polar surface area (TPSA) is 105 Å². The van der Waals surface area contributed by atoms with Crippen molar-refractivity contribution in [2.75, 3.05) is 40.9 Å². The van der Waals surface area contributed by atoms with Gasteiger partial charge < -0.3 is 19.8 Å². The zero-order valence-electron chi connectivity index (χ0n) is 59.6. The summed E-state index contributed by atoms with van der Waals surface area (Å²) in [7, 11) is 1.58. The lowest BCUT2D eigenvalue weighted by Gasteiger charge is -2.25. The molecule has 0 aliphatic carbocycles. The number of nitrogens with zero attached hydrogens (tertiary/aromatic N) is 1. The third-order valence-corrected chi connectivity index (χ3v) is 19.4. The molecule has 0 heterocycles. The maximum atomic E-state index is 13.1. The highest BCUT2D eigenvalue weighted by molar-refractivity contribution is 7.47. The van der Waals surface area contributed by atoms with E-state index in [9.17, 15) is 19.4 Å². The maximum absolute atomic E-state index is 13.1. The van der Waals surface area contributed by atoms with Gasteiger partial charge in [-0.15, -0.1) is 0 Å². The minimum absolute atomic E-state index is 0.0592. The molecule has 0 saturated carbocycles. The fraction of sp³-hybridized carbons (Fsp3) is 0.936. The molecule has 518 valence electrons.